The molecule has 1 aromatic carbocycles. The second kappa shape index (κ2) is 5.23. The van der Waals surface area contributed by atoms with Gasteiger partial charge in [0.15, 0.2) is 0 Å². The summed E-state index contributed by atoms with van der Waals surface area (Å²) in [6.07, 6.45) is 2.53. The van der Waals surface area contributed by atoms with Gasteiger partial charge in [-0.25, -0.2) is 0 Å². The molecule has 0 spiro atoms. The van der Waals surface area contributed by atoms with Crippen LogP contribution < -0.4 is 0 Å². The van der Waals surface area contributed by atoms with E-state index in [1.54, 1.807) is 0 Å². The number of hydrogen-bond acceptors (Lipinski definition) is 3. The first-order valence-electron chi connectivity index (χ1n) is 7.30. The van der Waals surface area contributed by atoms with Gasteiger partial charge in [-0.05, 0) is 24.8 Å². The monoisotopic (exact) mass is 261 g/mol. The highest BCUT2D eigenvalue weighted by molar-refractivity contribution is 5.15. The zero-order chi connectivity index (χ0) is 13.3. The quantitative estimate of drug-likeness (QED) is 0.905. The number of rotatable bonds is 3. The standard InChI is InChI=1S/C16H23NO2/c1-2-16(18)8-14-11-19-12-15(9-16)17(14)10-13-6-4-3-5-7-13/h3-7,14-15,18H,2,8-12H2,1H3. The van der Waals surface area contributed by atoms with Crippen molar-refractivity contribution < 1.29 is 9.84 Å². The minimum absolute atomic E-state index is 0.359. The van der Waals surface area contributed by atoms with Crippen molar-refractivity contribution in [1.29, 1.82) is 0 Å². The first-order chi connectivity index (χ1) is 9.20. The molecule has 2 unspecified atom stereocenters. The number of piperidine rings is 1. The fourth-order valence-electron chi connectivity index (χ4n) is 3.48. The maximum atomic E-state index is 10.6. The Kier molecular flexibility index (Phi) is 3.61. The Morgan fingerprint density at radius 3 is 2.42 bits per heavy atom. The molecule has 2 saturated heterocycles. The Hall–Kier alpha value is -0.900. The van der Waals surface area contributed by atoms with E-state index in [-0.39, 0.29) is 0 Å². The lowest BCUT2D eigenvalue weighted by Gasteiger charge is -2.51. The van der Waals surface area contributed by atoms with Crippen LogP contribution in [0.4, 0.5) is 0 Å². The van der Waals surface area contributed by atoms with Crippen LogP contribution in [0.1, 0.15) is 31.7 Å². The lowest BCUT2D eigenvalue weighted by Crippen LogP contribution is -2.61. The van der Waals surface area contributed by atoms with Gasteiger partial charge in [-0.1, -0.05) is 37.3 Å². The highest BCUT2D eigenvalue weighted by atomic mass is 16.5. The van der Waals surface area contributed by atoms with Gasteiger partial charge in [-0.2, -0.15) is 0 Å². The summed E-state index contributed by atoms with van der Waals surface area (Å²) in [6, 6.07) is 11.3. The number of ether oxygens (including phenoxy) is 1. The smallest absolute Gasteiger partial charge is 0.0676 e. The average molecular weight is 261 g/mol. The van der Waals surface area contributed by atoms with E-state index < -0.39 is 5.60 Å². The second-order valence-electron chi connectivity index (χ2n) is 5.99. The van der Waals surface area contributed by atoms with Gasteiger partial charge < -0.3 is 9.84 Å². The molecule has 1 N–H and O–H groups in total. The molecule has 3 rings (SSSR count). The summed E-state index contributed by atoms with van der Waals surface area (Å²) in [7, 11) is 0. The highest BCUT2D eigenvalue weighted by Crippen LogP contribution is 2.37. The number of morpholine rings is 1. The van der Waals surface area contributed by atoms with Crippen molar-refractivity contribution in [2.45, 2.75) is 50.4 Å². The lowest BCUT2D eigenvalue weighted by atomic mass is 9.79. The maximum absolute atomic E-state index is 10.6. The SMILES string of the molecule is CCC1(O)CC2COCC(C1)N2Cc1ccccc1. The number of fused-ring (bicyclic) bond motifs is 2. The molecule has 0 aromatic heterocycles. The van der Waals surface area contributed by atoms with Crippen molar-refractivity contribution in [2.75, 3.05) is 13.2 Å². The summed E-state index contributed by atoms with van der Waals surface area (Å²) in [4.78, 5) is 2.53. The Morgan fingerprint density at radius 2 is 1.84 bits per heavy atom. The second-order valence-corrected chi connectivity index (χ2v) is 5.99. The molecule has 3 nitrogen and oxygen atoms in total. The Labute approximate surface area is 115 Å². The van der Waals surface area contributed by atoms with Crippen molar-refractivity contribution in [1.82, 2.24) is 4.90 Å². The Bertz CT molecular complexity index is 406. The number of hydrogen-bond donors (Lipinski definition) is 1. The predicted octanol–water partition coefficient (Wildman–Crippen LogP) is 2.19. The molecule has 2 atom stereocenters. The fraction of sp³-hybridized carbons (Fsp3) is 0.625. The summed E-state index contributed by atoms with van der Waals surface area (Å²) in [5.41, 5.74) is 0.869. The maximum Gasteiger partial charge on any atom is 0.0676 e. The minimum atomic E-state index is -0.480. The molecule has 0 aliphatic carbocycles. The molecule has 19 heavy (non-hydrogen) atoms. The van der Waals surface area contributed by atoms with E-state index in [1.165, 1.54) is 5.56 Å². The summed E-state index contributed by atoms with van der Waals surface area (Å²) < 4.78 is 5.69. The molecule has 3 heteroatoms. The van der Waals surface area contributed by atoms with Gasteiger partial charge in [-0.15, -0.1) is 0 Å². The molecular weight excluding hydrogens is 238 g/mol. The van der Waals surface area contributed by atoms with Crippen LogP contribution in [0.2, 0.25) is 0 Å². The Morgan fingerprint density at radius 1 is 1.21 bits per heavy atom. The van der Waals surface area contributed by atoms with E-state index in [0.717, 1.165) is 39.0 Å². The van der Waals surface area contributed by atoms with Crippen LogP contribution in [-0.2, 0) is 11.3 Å². The molecule has 1 aromatic rings. The largest absolute Gasteiger partial charge is 0.390 e. The molecule has 0 amide bonds. The molecule has 2 aliphatic heterocycles. The summed E-state index contributed by atoms with van der Waals surface area (Å²) in [5, 5.41) is 10.6. The molecule has 0 saturated carbocycles. The van der Waals surface area contributed by atoms with Crippen LogP contribution in [-0.4, -0.2) is 40.9 Å². The third kappa shape index (κ3) is 2.69. The highest BCUT2D eigenvalue weighted by Gasteiger charge is 2.44. The lowest BCUT2D eigenvalue weighted by molar-refractivity contribution is -0.146. The number of benzene rings is 1. The normalized spacial score (nSPS) is 35.3. The van der Waals surface area contributed by atoms with Crippen LogP contribution in [0, 0.1) is 0 Å². The van der Waals surface area contributed by atoms with Crippen molar-refractivity contribution in [3.63, 3.8) is 0 Å². The third-order valence-corrected chi connectivity index (χ3v) is 4.66. The fourth-order valence-corrected chi connectivity index (χ4v) is 3.48. The topological polar surface area (TPSA) is 32.7 Å². The Balaban J connectivity index is 1.76. The zero-order valence-corrected chi connectivity index (χ0v) is 11.6. The molecular formula is C16H23NO2. The van der Waals surface area contributed by atoms with Gasteiger partial charge in [0.05, 0.1) is 18.8 Å². The van der Waals surface area contributed by atoms with E-state index in [2.05, 4.69) is 42.2 Å². The number of aliphatic hydroxyl groups is 1. The first-order valence-corrected chi connectivity index (χ1v) is 7.30. The van der Waals surface area contributed by atoms with E-state index in [0.29, 0.717) is 12.1 Å². The van der Waals surface area contributed by atoms with Gasteiger partial charge in [0.1, 0.15) is 0 Å². The summed E-state index contributed by atoms with van der Waals surface area (Å²) in [5.74, 6) is 0. The van der Waals surface area contributed by atoms with Crippen LogP contribution in [0.25, 0.3) is 0 Å². The predicted molar refractivity (Wildman–Crippen MR) is 74.9 cm³/mol. The van der Waals surface area contributed by atoms with Gasteiger partial charge in [0.25, 0.3) is 0 Å². The number of nitrogens with zero attached hydrogens (tertiary/aromatic N) is 1. The molecule has 0 radical (unpaired) electrons. The third-order valence-electron chi connectivity index (χ3n) is 4.66. The summed E-state index contributed by atoms with van der Waals surface area (Å²) in [6.45, 7) is 4.57. The van der Waals surface area contributed by atoms with Gasteiger partial charge >= 0.3 is 0 Å². The minimum Gasteiger partial charge on any atom is -0.390 e. The van der Waals surface area contributed by atoms with E-state index >= 15 is 0 Å². The average Bonchev–Trinajstić information content (AvgIpc) is 2.41. The van der Waals surface area contributed by atoms with E-state index in [4.69, 9.17) is 4.74 Å². The van der Waals surface area contributed by atoms with E-state index in [1.807, 2.05) is 0 Å². The van der Waals surface area contributed by atoms with Crippen molar-refractivity contribution in [3.8, 4) is 0 Å². The van der Waals surface area contributed by atoms with Crippen LogP contribution in [0.3, 0.4) is 0 Å². The molecule has 104 valence electrons. The van der Waals surface area contributed by atoms with Gasteiger partial charge in [0.2, 0.25) is 0 Å². The van der Waals surface area contributed by atoms with Gasteiger partial charge in [-0.3, -0.25) is 4.90 Å². The van der Waals surface area contributed by atoms with E-state index in [9.17, 15) is 5.11 Å². The molecule has 2 heterocycles. The molecule has 2 aliphatic rings. The van der Waals surface area contributed by atoms with Crippen LogP contribution >= 0.6 is 0 Å². The van der Waals surface area contributed by atoms with Crippen molar-refractivity contribution in [3.05, 3.63) is 35.9 Å². The molecule has 2 fully saturated rings. The zero-order valence-electron chi connectivity index (χ0n) is 11.6. The summed E-state index contributed by atoms with van der Waals surface area (Å²) >= 11 is 0. The van der Waals surface area contributed by atoms with Crippen LogP contribution in [0.15, 0.2) is 30.3 Å². The first kappa shape index (κ1) is 13.1. The molecule has 2 bridgehead atoms. The van der Waals surface area contributed by atoms with Crippen molar-refractivity contribution in [2.24, 2.45) is 0 Å². The van der Waals surface area contributed by atoms with Crippen molar-refractivity contribution >= 4 is 0 Å². The van der Waals surface area contributed by atoms with Crippen LogP contribution in [0.5, 0.6) is 0 Å². The van der Waals surface area contributed by atoms with Gasteiger partial charge in [0, 0.05) is 18.6 Å².